The van der Waals surface area contributed by atoms with E-state index in [0.29, 0.717) is 12.6 Å². The maximum absolute atomic E-state index is 9.54. The Morgan fingerprint density at radius 2 is 2.53 bits per heavy atom. The average molecular weight is 276 g/mol. The molecule has 2 unspecified atom stereocenters. The normalized spacial score (nSPS) is 20.5. The zero-order chi connectivity index (χ0) is 12.3. The smallest absolute Gasteiger partial charge is 0.0934 e. The summed E-state index contributed by atoms with van der Waals surface area (Å²) in [4.78, 5) is 1.41. The number of ether oxygens (including phenoxy) is 1. The van der Waals surface area contributed by atoms with E-state index < -0.39 is 0 Å². The van der Waals surface area contributed by atoms with Gasteiger partial charge in [0.15, 0.2) is 0 Å². The first-order valence-electron chi connectivity index (χ1n) is 5.89. The van der Waals surface area contributed by atoms with Crippen molar-refractivity contribution in [1.82, 2.24) is 5.32 Å². The number of nitrogens with one attached hydrogen (secondary N) is 1. The van der Waals surface area contributed by atoms with Crippen molar-refractivity contribution in [2.24, 2.45) is 0 Å². The van der Waals surface area contributed by atoms with Gasteiger partial charge in [0, 0.05) is 18.0 Å². The van der Waals surface area contributed by atoms with Crippen LogP contribution in [0, 0.1) is 0 Å². The van der Waals surface area contributed by atoms with Crippen molar-refractivity contribution in [2.45, 2.75) is 31.4 Å². The first-order chi connectivity index (χ1) is 8.20. The van der Waals surface area contributed by atoms with Crippen molar-refractivity contribution in [1.29, 1.82) is 0 Å². The molecule has 3 nitrogen and oxygen atoms in total. The fraction of sp³-hybridized carbons (Fsp3) is 0.667. The molecule has 2 rings (SSSR count). The van der Waals surface area contributed by atoms with Gasteiger partial charge in [0.25, 0.3) is 0 Å². The van der Waals surface area contributed by atoms with Crippen LogP contribution < -0.4 is 5.32 Å². The molecule has 2 atom stereocenters. The van der Waals surface area contributed by atoms with E-state index in [2.05, 4.69) is 11.4 Å². The van der Waals surface area contributed by atoms with E-state index in [9.17, 15) is 5.11 Å². The third-order valence-electron chi connectivity index (χ3n) is 3.07. The zero-order valence-corrected chi connectivity index (χ0v) is 11.5. The highest BCUT2D eigenvalue weighted by atomic mass is 35.5. The van der Waals surface area contributed by atoms with E-state index >= 15 is 0 Å². The van der Waals surface area contributed by atoms with Crippen LogP contribution in [-0.2, 0) is 11.2 Å². The first-order valence-corrected chi connectivity index (χ1v) is 7.08. The number of halogens is 1. The molecule has 1 aliphatic rings. The summed E-state index contributed by atoms with van der Waals surface area (Å²) < 4.78 is 5.77. The van der Waals surface area contributed by atoms with Gasteiger partial charge < -0.3 is 15.2 Å². The van der Waals surface area contributed by atoms with E-state index in [4.69, 9.17) is 16.3 Å². The molecule has 0 fully saturated rings. The number of hydrogen-bond acceptors (Lipinski definition) is 4. The monoisotopic (exact) mass is 275 g/mol. The molecule has 0 radical (unpaired) electrons. The molecular formula is C12H18ClNO2S. The molecule has 2 N–H and O–H groups in total. The topological polar surface area (TPSA) is 41.5 Å². The number of aliphatic hydroxyl groups is 1. The van der Waals surface area contributed by atoms with Gasteiger partial charge in [-0.25, -0.2) is 0 Å². The number of rotatable bonds is 6. The van der Waals surface area contributed by atoms with Crippen molar-refractivity contribution < 1.29 is 9.84 Å². The molecule has 0 saturated carbocycles. The third-order valence-corrected chi connectivity index (χ3v) is 4.41. The summed E-state index contributed by atoms with van der Waals surface area (Å²) in [5.41, 5.74) is 1.35. The second kappa shape index (κ2) is 6.16. The largest absolute Gasteiger partial charge is 0.391 e. The lowest BCUT2D eigenvalue weighted by molar-refractivity contribution is 0.0590. The van der Waals surface area contributed by atoms with E-state index in [1.54, 1.807) is 18.4 Å². The Kier molecular flexibility index (Phi) is 4.82. The van der Waals surface area contributed by atoms with Gasteiger partial charge in [-0.2, -0.15) is 0 Å². The predicted octanol–water partition coefficient (Wildman–Crippen LogP) is 2.38. The second-order valence-electron chi connectivity index (χ2n) is 4.37. The van der Waals surface area contributed by atoms with E-state index in [1.165, 1.54) is 10.4 Å². The van der Waals surface area contributed by atoms with Crippen molar-refractivity contribution in [3.63, 3.8) is 0 Å². The quantitative estimate of drug-likeness (QED) is 0.838. The van der Waals surface area contributed by atoms with E-state index in [0.717, 1.165) is 30.1 Å². The van der Waals surface area contributed by atoms with E-state index in [-0.39, 0.29) is 6.10 Å². The highest BCUT2D eigenvalue weighted by molar-refractivity contribution is 7.16. The summed E-state index contributed by atoms with van der Waals surface area (Å²) in [5, 5.41) is 13.0. The molecule has 0 aliphatic heterocycles. The molecule has 96 valence electrons. The van der Waals surface area contributed by atoms with Gasteiger partial charge in [-0.3, -0.25) is 0 Å². The van der Waals surface area contributed by atoms with Crippen molar-refractivity contribution in [3.8, 4) is 0 Å². The van der Waals surface area contributed by atoms with Crippen LogP contribution in [0.4, 0.5) is 0 Å². The SMILES string of the molecule is COCC(O)CCNC1CCc2sc(Cl)cc21. The summed E-state index contributed by atoms with van der Waals surface area (Å²) >= 11 is 7.69. The molecule has 0 spiro atoms. The Bertz CT molecular complexity index is 369. The van der Waals surface area contributed by atoms with Gasteiger partial charge in [0.2, 0.25) is 0 Å². The van der Waals surface area contributed by atoms with Crippen LogP contribution in [0.3, 0.4) is 0 Å². The number of aryl methyl sites for hydroxylation is 1. The van der Waals surface area contributed by atoms with Crippen molar-refractivity contribution >= 4 is 22.9 Å². The Hall–Kier alpha value is -0.130. The summed E-state index contributed by atoms with van der Waals surface area (Å²) in [7, 11) is 1.60. The standard InChI is InChI=1S/C12H18ClNO2S/c1-16-7-8(15)4-5-14-10-2-3-11-9(10)6-12(13)17-11/h6,8,10,14-15H,2-5,7H2,1H3. The Balaban J connectivity index is 1.77. The lowest BCUT2D eigenvalue weighted by Gasteiger charge is -2.15. The highest BCUT2D eigenvalue weighted by Crippen LogP contribution is 2.39. The van der Waals surface area contributed by atoms with Crippen LogP contribution in [0.1, 0.15) is 29.3 Å². The van der Waals surface area contributed by atoms with Crippen LogP contribution in [0.2, 0.25) is 4.34 Å². The van der Waals surface area contributed by atoms with Gasteiger partial charge >= 0.3 is 0 Å². The second-order valence-corrected chi connectivity index (χ2v) is 6.14. The number of fused-ring (bicyclic) bond motifs is 1. The molecule has 0 saturated heterocycles. The van der Waals surface area contributed by atoms with Gasteiger partial charge in [-0.05, 0) is 37.4 Å². The lowest BCUT2D eigenvalue weighted by atomic mass is 10.1. The Morgan fingerprint density at radius 1 is 1.71 bits per heavy atom. The fourth-order valence-electron chi connectivity index (χ4n) is 2.24. The van der Waals surface area contributed by atoms with Crippen LogP contribution in [0.25, 0.3) is 0 Å². The molecule has 0 aromatic carbocycles. The van der Waals surface area contributed by atoms with Crippen LogP contribution in [-0.4, -0.2) is 31.5 Å². The van der Waals surface area contributed by atoms with Crippen LogP contribution >= 0.6 is 22.9 Å². The van der Waals surface area contributed by atoms with Gasteiger partial charge in [-0.15, -0.1) is 11.3 Å². The molecule has 0 amide bonds. The minimum Gasteiger partial charge on any atom is -0.391 e. The number of hydrogen-bond donors (Lipinski definition) is 2. The lowest BCUT2D eigenvalue weighted by Crippen LogP contribution is -2.25. The maximum Gasteiger partial charge on any atom is 0.0934 e. The average Bonchev–Trinajstić information content (AvgIpc) is 2.79. The maximum atomic E-state index is 9.54. The van der Waals surface area contributed by atoms with Gasteiger partial charge in [0.05, 0.1) is 17.0 Å². The number of aliphatic hydroxyl groups excluding tert-OH is 1. The fourth-order valence-corrected chi connectivity index (χ4v) is 3.60. The molecule has 17 heavy (non-hydrogen) atoms. The highest BCUT2D eigenvalue weighted by Gasteiger charge is 2.24. The molecule has 0 bridgehead atoms. The predicted molar refractivity (Wildman–Crippen MR) is 70.9 cm³/mol. The summed E-state index contributed by atoms with van der Waals surface area (Å²) in [6.07, 6.45) is 2.60. The van der Waals surface area contributed by atoms with Crippen LogP contribution in [0.15, 0.2) is 6.07 Å². The molecule has 5 heteroatoms. The summed E-state index contributed by atoms with van der Waals surface area (Å²) in [5.74, 6) is 0. The Labute approximate surface area is 111 Å². The van der Waals surface area contributed by atoms with Gasteiger partial charge in [0.1, 0.15) is 0 Å². The molecule has 1 heterocycles. The summed E-state index contributed by atoms with van der Waals surface area (Å²) in [6.45, 7) is 1.21. The minimum atomic E-state index is -0.376. The van der Waals surface area contributed by atoms with Crippen molar-refractivity contribution in [2.75, 3.05) is 20.3 Å². The van der Waals surface area contributed by atoms with Crippen molar-refractivity contribution in [3.05, 3.63) is 20.8 Å². The first kappa shape index (κ1) is 13.3. The summed E-state index contributed by atoms with van der Waals surface area (Å²) in [6, 6.07) is 2.47. The molecule has 1 aliphatic carbocycles. The number of methoxy groups -OCH3 is 1. The molecular weight excluding hydrogens is 258 g/mol. The number of thiophene rings is 1. The van der Waals surface area contributed by atoms with Crippen LogP contribution in [0.5, 0.6) is 0 Å². The third kappa shape index (κ3) is 3.42. The zero-order valence-electron chi connectivity index (χ0n) is 9.91. The Morgan fingerprint density at radius 3 is 3.29 bits per heavy atom. The van der Waals surface area contributed by atoms with Gasteiger partial charge in [-0.1, -0.05) is 11.6 Å². The molecule has 1 aromatic rings. The minimum absolute atomic E-state index is 0.376. The molecule has 1 aromatic heterocycles. The van der Waals surface area contributed by atoms with E-state index in [1.807, 2.05) is 0 Å².